The first-order chi connectivity index (χ1) is 16.2. The summed E-state index contributed by atoms with van der Waals surface area (Å²) in [6.45, 7) is 2.40. The van der Waals surface area contributed by atoms with Crippen LogP contribution in [0.1, 0.15) is 35.4 Å². The van der Waals surface area contributed by atoms with Crippen molar-refractivity contribution in [3.8, 4) is 11.3 Å². The van der Waals surface area contributed by atoms with Crippen LogP contribution in [0.15, 0.2) is 54.9 Å². The van der Waals surface area contributed by atoms with Crippen LogP contribution in [0.25, 0.3) is 22.3 Å². The molecule has 1 saturated heterocycles. The number of anilines is 1. The number of rotatable bonds is 7. The molecule has 5 rings (SSSR count). The van der Waals surface area contributed by atoms with Crippen LogP contribution >= 0.6 is 0 Å². The Labute approximate surface area is 191 Å². The fourth-order valence-electron chi connectivity index (χ4n) is 4.13. The molecule has 4 aromatic rings. The molecule has 0 unspecified atom stereocenters. The number of hydrogen-bond donors (Lipinski definition) is 2. The molecule has 1 aliphatic rings. The van der Waals surface area contributed by atoms with E-state index in [-0.39, 0.29) is 11.7 Å². The average Bonchev–Trinajstić information content (AvgIpc) is 3.56. The number of nitrogens with zero attached hydrogens (tertiary/aromatic N) is 4. The van der Waals surface area contributed by atoms with Gasteiger partial charge in [0.1, 0.15) is 17.3 Å². The molecule has 0 radical (unpaired) electrons. The number of carbonyl (C=O) groups excluding carboxylic acids is 1. The van der Waals surface area contributed by atoms with Gasteiger partial charge in [0.2, 0.25) is 0 Å². The van der Waals surface area contributed by atoms with Crippen molar-refractivity contribution in [1.82, 2.24) is 25.3 Å². The molecule has 7 nitrogen and oxygen atoms in total. The van der Waals surface area contributed by atoms with Gasteiger partial charge in [-0.2, -0.15) is 0 Å². The maximum absolute atomic E-state index is 13.5. The van der Waals surface area contributed by atoms with Gasteiger partial charge in [-0.05, 0) is 61.7 Å². The number of amides is 1. The molecule has 2 aromatic heterocycles. The lowest BCUT2D eigenvalue weighted by Gasteiger charge is -2.20. The minimum absolute atomic E-state index is 0.148. The molecule has 0 bridgehead atoms. The molecular formula is C25H25FN6O. The molecule has 1 fully saturated rings. The normalized spacial score (nSPS) is 13.5. The van der Waals surface area contributed by atoms with Crippen molar-refractivity contribution >= 4 is 22.8 Å². The van der Waals surface area contributed by atoms with E-state index >= 15 is 0 Å². The third-order valence-electron chi connectivity index (χ3n) is 5.86. The Bertz CT molecular complexity index is 1250. The van der Waals surface area contributed by atoms with Crippen molar-refractivity contribution < 1.29 is 9.18 Å². The Morgan fingerprint density at radius 2 is 1.88 bits per heavy atom. The lowest BCUT2D eigenvalue weighted by molar-refractivity contribution is 0.0953. The molecule has 0 saturated carbocycles. The predicted octanol–water partition coefficient (Wildman–Crippen LogP) is 4.12. The van der Waals surface area contributed by atoms with Crippen molar-refractivity contribution in [1.29, 1.82) is 0 Å². The van der Waals surface area contributed by atoms with E-state index in [9.17, 15) is 9.18 Å². The number of aromatic nitrogens is 4. The quantitative estimate of drug-likeness (QED) is 0.419. The van der Waals surface area contributed by atoms with E-state index < -0.39 is 0 Å². The topological polar surface area (TPSA) is 86.8 Å². The number of hydrogen-bond acceptors (Lipinski definition) is 5. The zero-order valence-electron chi connectivity index (χ0n) is 18.2. The van der Waals surface area contributed by atoms with Gasteiger partial charge < -0.3 is 15.2 Å². The highest BCUT2D eigenvalue weighted by Crippen LogP contribution is 2.32. The van der Waals surface area contributed by atoms with Gasteiger partial charge in [0, 0.05) is 49.6 Å². The lowest BCUT2D eigenvalue weighted by Crippen LogP contribution is -2.25. The summed E-state index contributed by atoms with van der Waals surface area (Å²) in [6.07, 6.45) is 7.30. The van der Waals surface area contributed by atoms with Crippen LogP contribution in [0, 0.1) is 5.82 Å². The first kappa shape index (κ1) is 21.1. The second kappa shape index (κ2) is 9.36. The molecule has 0 spiro atoms. The summed E-state index contributed by atoms with van der Waals surface area (Å²) >= 11 is 0. The van der Waals surface area contributed by atoms with E-state index in [0.717, 1.165) is 61.5 Å². The van der Waals surface area contributed by atoms with Gasteiger partial charge in [0.05, 0.1) is 11.0 Å². The monoisotopic (exact) mass is 444 g/mol. The molecule has 33 heavy (non-hydrogen) atoms. The zero-order valence-corrected chi connectivity index (χ0v) is 18.2. The van der Waals surface area contributed by atoms with E-state index in [0.29, 0.717) is 23.3 Å². The number of H-pyrrole nitrogens is 1. The number of carbonyl (C=O) groups is 1. The third kappa shape index (κ3) is 4.69. The second-order valence-electron chi connectivity index (χ2n) is 8.20. The van der Waals surface area contributed by atoms with Crippen molar-refractivity contribution in [2.75, 3.05) is 24.5 Å². The van der Waals surface area contributed by atoms with Gasteiger partial charge >= 0.3 is 0 Å². The summed E-state index contributed by atoms with van der Waals surface area (Å²) in [6, 6.07) is 11.7. The highest BCUT2D eigenvalue weighted by Gasteiger charge is 2.21. The molecule has 2 aromatic carbocycles. The SMILES string of the molecule is O=C(NCCCc1ncc[nH]1)c1ccc2nc(N3CCCC3)c(-c3ccc(F)cc3)nc2c1. The highest BCUT2D eigenvalue weighted by molar-refractivity contribution is 5.97. The summed E-state index contributed by atoms with van der Waals surface area (Å²) in [7, 11) is 0. The molecule has 0 atom stereocenters. The van der Waals surface area contributed by atoms with Crippen molar-refractivity contribution in [3.05, 3.63) is 72.1 Å². The summed E-state index contributed by atoms with van der Waals surface area (Å²) in [5.74, 6) is 1.28. The van der Waals surface area contributed by atoms with Crippen LogP contribution in [0.3, 0.4) is 0 Å². The minimum atomic E-state index is -0.291. The van der Waals surface area contributed by atoms with Crippen molar-refractivity contribution in [2.24, 2.45) is 0 Å². The molecule has 1 amide bonds. The van der Waals surface area contributed by atoms with E-state index in [1.807, 2.05) is 6.07 Å². The Morgan fingerprint density at radius 3 is 2.64 bits per heavy atom. The van der Waals surface area contributed by atoms with E-state index in [4.69, 9.17) is 9.97 Å². The maximum Gasteiger partial charge on any atom is 0.251 e. The Kier molecular flexibility index (Phi) is 5.97. The van der Waals surface area contributed by atoms with Gasteiger partial charge in [-0.25, -0.2) is 19.3 Å². The standard InChI is InChI=1S/C25H25FN6O/c26-19-8-5-17(6-9-19)23-24(32-14-1-2-15-32)31-20-10-7-18(16-21(20)30-23)25(33)29-11-3-4-22-27-12-13-28-22/h5-10,12-13,16H,1-4,11,14-15H2,(H,27,28)(H,29,33). The minimum Gasteiger partial charge on any atom is -0.355 e. The number of halogens is 1. The van der Waals surface area contributed by atoms with Crippen LogP contribution in [-0.4, -0.2) is 45.5 Å². The van der Waals surface area contributed by atoms with Gasteiger partial charge in [-0.3, -0.25) is 4.79 Å². The predicted molar refractivity (Wildman–Crippen MR) is 126 cm³/mol. The number of benzene rings is 2. The molecule has 8 heteroatoms. The largest absolute Gasteiger partial charge is 0.355 e. The maximum atomic E-state index is 13.5. The van der Waals surface area contributed by atoms with Crippen LogP contribution in [0.5, 0.6) is 0 Å². The molecular weight excluding hydrogens is 419 g/mol. The Balaban J connectivity index is 1.40. The first-order valence-electron chi connectivity index (χ1n) is 11.3. The molecule has 1 aliphatic heterocycles. The third-order valence-corrected chi connectivity index (χ3v) is 5.86. The second-order valence-corrected chi connectivity index (χ2v) is 8.20. The van der Waals surface area contributed by atoms with Crippen LogP contribution in [0.2, 0.25) is 0 Å². The zero-order chi connectivity index (χ0) is 22.6. The van der Waals surface area contributed by atoms with Crippen LogP contribution in [0.4, 0.5) is 10.2 Å². The number of aromatic amines is 1. The van der Waals surface area contributed by atoms with Crippen LogP contribution < -0.4 is 10.2 Å². The lowest BCUT2D eigenvalue weighted by atomic mass is 10.1. The molecule has 2 N–H and O–H groups in total. The van der Waals surface area contributed by atoms with E-state index in [2.05, 4.69) is 20.2 Å². The molecule has 0 aliphatic carbocycles. The van der Waals surface area contributed by atoms with Crippen molar-refractivity contribution in [2.45, 2.75) is 25.7 Å². The van der Waals surface area contributed by atoms with Gasteiger partial charge in [-0.1, -0.05) is 0 Å². The van der Waals surface area contributed by atoms with Gasteiger partial charge in [0.25, 0.3) is 5.91 Å². The number of nitrogens with one attached hydrogen (secondary N) is 2. The Morgan fingerprint density at radius 1 is 1.06 bits per heavy atom. The van der Waals surface area contributed by atoms with E-state index in [1.165, 1.54) is 12.1 Å². The smallest absolute Gasteiger partial charge is 0.251 e. The van der Waals surface area contributed by atoms with Gasteiger partial charge in [-0.15, -0.1) is 0 Å². The number of fused-ring (bicyclic) bond motifs is 1. The van der Waals surface area contributed by atoms with Crippen molar-refractivity contribution in [3.63, 3.8) is 0 Å². The Hall–Kier alpha value is -3.81. The van der Waals surface area contributed by atoms with Gasteiger partial charge in [0.15, 0.2) is 5.82 Å². The fraction of sp³-hybridized carbons (Fsp3) is 0.280. The average molecular weight is 445 g/mol. The molecule has 3 heterocycles. The summed E-state index contributed by atoms with van der Waals surface area (Å²) in [5, 5.41) is 2.96. The summed E-state index contributed by atoms with van der Waals surface area (Å²) < 4.78 is 13.5. The fourth-order valence-corrected chi connectivity index (χ4v) is 4.13. The molecule has 168 valence electrons. The van der Waals surface area contributed by atoms with E-state index in [1.54, 1.807) is 36.7 Å². The summed E-state index contributed by atoms with van der Waals surface area (Å²) in [4.78, 5) is 31.9. The summed E-state index contributed by atoms with van der Waals surface area (Å²) in [5.41, 5.74) is 3.42. The number of aryl methyl sites for hydroxylation is 1. The highest BCUT2D eigenvalue weighted by atomic mass is 19.1. The first-order valence-corrected chi connectivity index (χ1v) is 11.3. The van der Waals surface area contributed by atoms with Crippen LogP contribution in [-0.2, 0) is 6.42 Å². The number of imidazole rings is 1.